The highest BCUT2D eigenvalue weighted by molar-refractivity contribution is 6.37. The van der Waals surface area contributed by atoms with E-state index in [1.54, 1.807) is 6.07 Å². The van der Waals surface area contributed by atoms with E-state index in [9.17, 15) is 14.4 Å². The summed E-state index contributed by atoms with van der Waals surface area (Å²) in [5, 5.41) is 19.3. The first-order valence-electron chi connectivity index (χ1n) is 9.31. The molecule has 0 amide bonds. The third-order valence-corrected chi connectivity index (χ3v) is 6.19. The van der Waals surface area contributed by atoms with Crippen molar-refractivity contribution in [3.05, 3.63) is 70.2 Å². The fourth-order valence-corrected chi connectivity index (χ4v) is 4.91. The number of fused-ring (bicyclic) bond motifs is 5. The Labute approximate surface area is 183 Å². The van der Waals surface area contributed by atoms with Crippen molar-refractivity contribution in [2.24, 2.45) is 0 Å². The standard InChI is InChI=1S/C19H12Cl2N6O4/c20-10-4-9(27-19(30)23-16(28)12(6-22)26-27)5-11(21)15(10)31-18-14-8-2-1-7(3-8)13(14)17(29)24-25-18/h4-5,7-8H,1-3H2,(H,24,29)(H,23,28,30)/t7-,8?/m1/s1. The highest BCUT2D eigenvalue weighted by Gasteiger charge is 2.42. The molecule has 1 saturated carbocycles. The zero-order chi connectivity index (χ0) is 21.9. The summed E-state index contributed by atoms with van der Waals surface area (Å²) in [5.74, 6) is 0.740. The molecule has 1 fully saturated rings. The Morgan fingerprint density at radius 2 is 1.77 bits per heavy atom. The van der Waals surface area contributed by atoms with Crippen LogP contribution in [0.1, 0.15) is 47.9 Å². The van der Waals surface area contributed by atoms with Gasteiger partial charge in [-0.1, -0.05) is 23.2 Å². The van der Waals surface area contributed by atoms with E-state index >= 15 is 0 Å². The Kier molecular flexibility index (Phi) is 4.46. The average Bonchev–Trinajstić information content (AvgIpc) is 3.35. The van der Waals surface area contributed by atoms with E-state index in [2.05, 4.69) is 15.3 Å². The van der Waals surface area contributed by atoms with Crippen molar-refractivity contribution in [2.45, 2.75) is 31.1 Å². The van der Waals surface area contributed by atoms with Crippen LogP contribution in [0.4, 0.5) is 0 Å². The van der Waals surface area contributed by atoms with Crippen molar-refractivity contribution in [1.29, 1.82) is 5.26 Å². The predicted molar refractivity (Wildman–Crippen MR) is 109 cm³/mol. The predicted octanol–water partition coefficient (Wildman–Crippen LogP) is 2.34. The quantitative estimate of drug-likeness (QED) is 0.611. The van der Waals surface area contributed by atoms with Gasteiger partial charge in [-0.2, -0.15) is 9.94 Å². The first-order valence-corrected chi connectivity index (χ1v) is 10.1. The van der Waals surface area contributed by atoms with Crippen LogP contribution in [0.5, 0.6) is 11.6 Å². The third kappa shape index (κ3) is 3.05. The van der Waals surface area contributed by atoms with Gasteiger partial charge in [0, 0.05) is 11.1 Å². The molecule has 10 nitrogen and oxygen atoms in total. The number of H-pyrrole nitrogens is 2. The zero-order valence-electron chi connectivity index (χ0n) is 15.6. The van der Waals surface area contributed by atoms with Gasteiger partial charge in [0.25, 0.3) is 11.1 Å². The lowest BCUT2D eigenvalue weighted by Gasteiger charge is -2.18. The second kappa shape index (κ2) is 7.08. The van der Waals surface area contributed by atoms with Gasteiger partial charge in [-0.05, 0) is 43.2 Å². The summed E-state index contributed by atoms with van der Waals surface area (Å²) < 4.78 is 6.71. The number of rotatable bonds is 3. The Morgan fingerprint density at radius 3 is 2.45 bits per heavy atom. The van der Waals surface area contributed by atoms with E-state index in [0.29, 0.717) is 5.56 Å². The first-order chi connectivity index (χ1) is 14.9. The molecule has 5 rings (SSSR count). The zero-order valence-corrected chi connectivity index (χ0v) is 17.1. The third-order valence-electron chi connectivity index (χ3n) is 5.63. The van der Waals surface area contributed by atoms with Crippen LogP contribution in [0, 0.1) is 11.3 Å². The number of ether oxygens (including phenoxy) is 1. The van der Waals surface area contributed by atoms with Gasteiger partial charge in [-0.3, -0.25) is 14.6 Å². The normalized spacial score (nSPS) is 18.6. The molecule has 2 bridgehead atoms. The van der Waals surface area contributed by atoms with Crippen LogP contribution in [-0.4, -0.2) is 25.0 Å². The van der Waals surface area contributed by atoms with Gasteiger partial charge in [-0.25, -0.2) is 9.89 Å². The van der Waals surface area contributed by atoms with Gasteiger partial charge in [0.05, 0.1) is 15.7 Å². The monoisotopic (exact) mass is 458 g/mol. The fourth-order valence-electron chi connectivity index (χ4n) is 4.35. The molecular formula is C19H12Cl2N6O4. The van der Waals surface area contributed by atoms with Crippen molar-refractivity contribution < 1.29 is 4.74 Å². The lowest BCUT2D eigenvalue weighted by atomic mass is 9.94. The second-order valence-corrected chi connectivity index (χ2v) is 8.18. The number of nitrogens with one attached hydrogen (secondary N) is 2. The number of aromatic amines is 2. The molecule has 156 valence electrons. The summed E-state index contributed by atoms with van der Waals surface area (Å²) in [6.07, 6.45) is 2.82. The maximum Gasteiger partial charge on any atom is 0.349 e. The number of hydrogen-bond acceptors (Lipinski definition) is 7. The van der Waals surface area contributed by atoms with Gasteiger partial charge in [0.15, 0.2) is 5.75 Å². The van der Waals surface area contributed by atoms with Crippen molar-refractivity contribution in [1.82, 2.24) is 25.0 Å². The molecule has 2 aromatic heterocycles. The summed E-state index contributed by atoms with van der Waals surface area (Å²) in [6.45, 7) is 0. The van der Waals surface area contributed by atoms with Gasteiger partial charge >= 0.3 is 5.69 Å². The van der Waals surface area contributed by atoms with Gasteiger partial charge < -0.3 is 4.74 Å². The Hall–Kier alpha value is -3.42. The summed E-state index contributed by atoms with van der Waals surface area (Å²) in [4.78, 5) is 37.9. The minimum atomic E-state index is -0.895. The van der Waals surface area contributed by atoms with Crippen molar-refractivity contribution in [3.8, 4) is 23.4 Å². The van der Waals surface area contributed by atoms with Crippen LogP contribution >= 0.6 is 23.2 Å². The van der Waals surface area contributed by atoms with E-state index in [0.717, 1.165) is 29.5 Å². The summed E-state index contributed by atoms with van der Waals surface area (Å²) in [6, 6.07) is 4.32. The van der Waals surface area contributed by atoms with Crippen molar-refractivity contribution in [3.63, 3.8) is 0 Å². The van der Waals surface area contributed by atoms with E-state index in [1.807, 2.05) is 4.98 Å². The number of aromatic nitrogens is 5. The number of nitrogens with zero attached hydrogens (tertiary/aromatic N) is 4. The summed E-state index contributed by atoms with van der Waals surface area (Å²) >= 11 is 12.7. The van der Waals surface area contributed by atoms with E-state index < -0.39 is 16.9 Å². The highest BCUT2D eigenvalue weighted by atomic mass is 35.5. The van der Waals surface area contributed by atoms with Crippen LogP contribution in [0.2, 0.25) is 10.0 Å². The average molecular weight is 459 g/mol. The Morgan fingerprint density at radius 1 is 1.10 bits per heavy atom. The lowest BCUT2D eigenvalue weighted by molar-refractivity contribution is 0.440. The maximum absolute atomic E-state index is 12.2. The smallest absolute Gasteiger partial charge is 0.349 e. The molecule has 31 heavy (non-hydrogen) atoms. The molecule has 12 heteroatoms. The summed E-state index contributed by atoms with van der Waals surface area (Å²) in [7, 11) is 0. The lowest BCUT2D eigenvalue weighted by Crippen LogP contribution is -2.33. The molecule has 2 atom stereocenters. The molecule has 2 N–H and O–H groups in total. The largest absolute Gasteiger partial charge is 0.434 e. The highest BCUT2D eigenvalue weighted by Crippen LogP contribution is 2.54. The van der Waals surface area contributed by atoms with Crippen LogP contribution in [0.15, 0.2) is 26.5 Å². The van der Waals surface area contributed by atoms with E-state index in [4.69, 9.17) is 33.2 Å². The second-order valence-electron chi connectivity index (χ2n) is 7.36. The first kappa shape index (κ1) is 19.5. The van der Waals surface area contributed by atoms with Crippen LogP contribution in [-0.2, 0) is 0 Å². The number of nitriles is 1. The van der Waals surface area contributed by atoms with Crippen LogP contribution in [0.3, 0.4) is 0 Å². The maximum atomic E-state index is 12.2. The van der Waals surface area contributed by atoms with Crippen molar-refractivity contribution >= 4 is 23.2 Å². The van der Waals surface area contributed by atoms with Crippen molar-refractivity contribution in [2.75, 3.05) is 0 Å². The molecular weight excluding hydrogens is 447 g/mol. The number of benzene rings is 1. The van der Waals surface area contributed by atoms with E-state index in [-0.39, 0.29) is 44.8 Å². The molecule has 1 aromatic carbocycles. The molecule has 1 unspecified atom stereocenters. The topological polar surface area (TPSA) is 147 Å². The molecule has 0 radical (unpaired) electrons. The molecule has 2 aliphatic rings. The van der Waals surface area contributed by atoms with Gasteiger partial charge in [0.1, 0.15) is 6.07 Å². The van der Waals surface area contributed by atoms with Crippen LogP contribution < -0.4 is 21.5 Å². The van der Waals surface area contributed by atoms with Gasteiger partial charge in [-0.15, -0.1) is 10.2 Å². The minimum Gasteiger partial charge on any atom is -0.434 e. The molecule has 2 heterocycles. The molecule has 3 aromatic rings. The SMILES string of the molecule is N#Cc1nn(-c2cc(Cl)c(Oc3n[nH]c(=O)c4c3C3CC[C@@H]4C3)c(Cl)c2)c(=O)[nH]c1=O. The number of halogens is 2. The minimum absolute atomic E-state index is 0.0471. The number of hydrogen-bond donors (Lipinski definition) is 2. The van der Waals surface area contributed by atoms with Crippen LogP contribution in [0.25, 0.3) is 5.69 Å². The fraction of sp³-hybridized carbons (Fsp3) is 0.263. The molecule has 0 saturated heterocycles. The summed E-state index contributed by atoms with van der Waals surface area (Å²) in [5.41, 5.74) is -0.839. The Bertz CT molecular complexity index is 1440. The van der Waals surface area contributed by atoms with Gasteiger partial charge in [0.2, 0.25) is 11.6 Å². The molecule has 0 spiro atoms. The van der Waals surface area contributed by atoms with E-state index in [1.165, 1.54) is 12.1 Å². The Balaban J connectivity index is 1.58. The molecule has 0 aliphatic heterocycles. The molecule has 2 aliphatic carbocycles.